The molecule has 0 spiro atoms. The first-order valence-electron chi connectivity index (χ1n) is 19.0. The van der Waals surface area contributed by atoms with E-state index < -0.39 is 41.2 Å². The zero-order valence-electron chi connectivity index (χ0n) is 31.5. The van der Waals surface area contributed by atoms with Crippen molar-refractivity contribution in [2.75, 3.05) is 6.61 Å². The van der Waals surface area contributed by atoms with E-state index in [-0.39, 0.29) is 11.1 Å². The van der Waals surface area contributed by atoms with E-state index in [9.17, 15) is 0 Å². The van der Waals surface area contributed by atoms with Gasteiger partial charge in [0, 0.05) is 0 Å². The largest absolute Gasteiger partial charge is 0.408 e. The molecule has 7 heteroatoms. The lowest BCUT2D eigenvalue weighted by Gasteiger charge is -2.51. The molecule has 1 saturated carbocycles. The van der Waals surface area contributed by atoms with Gasteiger partial charge in [-0.2, -0.15) is 0 Å². The fourth-order valence-corrected chi connectivity index (χ4v) is 12.8. The number of hydrogen-bond donors (Lipinski definition) is 0. The average molecular weight is 723 g/mol. The Bertz CT molecular complexity index is 1510. The highest BCUT2D eigenvalue weighted by Gasteiger charge is 2.55. The monoisotopic (exact) mass is 722 g/mol. The van der Waals surface area contributed by atoms with Gasteiger partial charge in [-0.1, -0.05) is 161 Å². The molecular formula is C44H58O5Si2. The third kappa shape index (κ3) is 8.85. The van der Waals surface area contributed by atoms with Crippen LogP contribution in [0, 0.1) is 5.92 Å². The minimum absolute atomic E-state index is 0.0334. The summed E-state index contributed by atoms with van der Waals surface area (Å²) in [4.78, 5) is 0. The standard InChI is InChI=1S/C44H58O5Si2/c1-34-40(49-51(37-26-16-9-17-27-37,38-28-18-10-19-29-38)39-30-20-11-21-31-39)41(48-50(5,6)44(2,3)4)42(45-32-35-22-12-7-13-23-35)43(47-34)46-33-36-24-14-8-15-25-36/h7,9-13,16-23,26-31,34,36,40-43H,8,14-15,24-25,32-33H2,1-6H3/t34-,40-,41+,42+,43-/m0/s1. The van der Waals surface area contributed by atoms with Gasteiger partial charge in [-0.05, 0) is 64.9 Å². The maximum Gasteiger partial charge on any atom is 0.288 e. The Morgan fingerprint density at radius 2 is 1.10 bits per heavy atom. The van der Waals surface area contributed by atoms with Crippen LogP contribution in [-0.2, 0) is 29.7 Å². The van der Waals surface area contributed by atoms with Gasteiger partial charge in [0.05, 0.1) is 25.4 Å². The molecule has 0 aromatic heterocycles. The van der Waals surface area contributed by atoms with Gasteiger partial charge >= 0.3 is 0 Å². The topological polar surface area (TPSA) is 46.2 Å². The van der Waals surface area contributed by atoms with Crippen molar-refractivity contribution in [1.82, 2.24) is 0 Å². The summed E-state index contributed by atoms with van der Waals surface area (Å²) in [6.45, 7) is 14.8. The van der Waals surface area contributed by atoms with Crippen LogP contribution in [0.3, 0.4) is 0 Å². The van der Waals surface area contributed by atoms with Gasteiger partial charge in [-0.25, -0.2) is 0 Å². The first-order valence-corrected chi connectivity index (χ1v) is 23.8. The van der Waals surface area contributed by atoms with Gasteiger partial charge in [0.1, 0.15) is 12.2 Å². The SMILES string of the molecule is C[C@@H]1O[C@H](OCC2CCCCC2)[C@H](OCc2ccccc2)[C@H](O[Si](C)(C)C(C)(C)C)[C@H]1O[Si](c1ccccc1)(c1ccccc1)c1ccccc1. The van der Waals surface area contributed by atoms with Crippen molar-refractivity contribution < 1.29 is 23.1 Å². The van der Waals surface area contributed by atoms with E-state index in [1.54, 1.807) is 0 Å². The Labute approximate surface area is 308 Å². The summed E-state index contributed by atoms with van der Waals surface area (Å²) in [6, 6.07) is 42.7. The Balaban J connectivity index is 1.47. The maximum absolute atomic E-state index is 7.92. The molecule has 5 nitrogen and oxygen atoms in total. The zero-order chi connectivity index (χ0) is 35.9. The molecule has 0 N–H and O–H groups in total. The lowest BCUT2D eigenvalue weighted by molar-refractivity contribution is -0.301. The van der Waals surface area contributed by atoms with Crippen LogP contribution < -0.4 is 15.6 Å². The Morgan fingerprint density at radius 3 is 1.59 bits per heavy atom. The molecule has 5 atom stereocenters. The first kappa shape index (κ1) is 37.9. The minimum atomic E-state index is -3.14. The van der Waals surface area contributed by atoms with E-state index in [1.165, 1.54) is 47.7 Å². The maximum atomic E-state index is 7.92. The first-order chi connectivity index (χ1) is 24.6. The fourth-order valence-electron chi connectivity index (χ4n) is 7.38. The van der Waals surface area contributed by atoms with Crippen LogP contribution in [0.15, 0.2) is 121 Å². The fraction of sp³-hybridized carbons (Fsp3) is 0.455. The van der Waals surface area contributed by atoms with Crippen molar-refractivity contribution in [2.24, 2.45) is 5.92 Å². The highest BCUT2D eigenvalue weighted by Crippen LogP contribution is 2.41. The number of benzene rings is 4. The van der Waals surface area contributed by atoms with E-state index in [1.807, 2.05) is 6.07 Å². The molecule has 1 aliphatic carbocycles. The molecule has 2 fully saturated rings. The minimum Gasteiger partial charge on any atom is -0.408 e. The predicted octanol–water partition coefficient (Wildman–Crippen LogP) is 8.36. The van der Waals surface area contributed by atoms with Crippen LogP contribution >= 0.6 is 0 Å². The molecule has 0 bridgehead atoms. The molecule has 2 aliphatic rings. The van der Waals surface area contributed by atoms with Crippen molar-refractivity contribution in [3.63, 3.8) is 0 Å². The van der Waals surface area contributed by atoms with E-state index in [0.717, 1.165) is 5.56 Å². The molecule has 272 valence electrons. The van der Waals surface area contributed by atoms with Crippen molar-refractivity contribution in [1.29, 1.82) is 0 Å². The quantitative estimate of drug-likeness (QED) is 0.103. The summed E-state index contributed by atoms with van der Waals surface area (Å²) in [7, 11) is -5.51. The number of rotatable bonds is 13. The summed E-state index contributed by atoms with van der Waals surface area (Å²) in [5, 5.41) is 3.50. The van der Waals surface area contributed by atoms with Gasteiger partial charge in [0.25, 0.3) is 8.32 Å². The third-order valence-corrected chi connectivity index (χ3v) is 19.9. The zero-order valence-corrected chi connectivity index (χ0v) is 33.5. The summed E-state index contributed by atoms with van der Waals surface area (Å²) >= 11 is 0. The summed E-state index contributed by atoms with van der Waals surface area (Å²) < 4.78 is 36.2. The molecule has 0 unspecified atom stereocenters. The molecule has 6 rings (SSSR count). The molecule has 51 heavy (non-hydrogen) atoms. The molecule has 0 radical (unpaired) electrons. The molecule has 4 aromatic carbocycles. The molecule has 1 aliphatic heterocycles. The van der Waals surface area contributed by atoms with Gasteiger partial charge < -0.3 is 23.1 Å². The van der Waals surface area contributed by atoms with Gasteiger partial charge in [-0.3, -0.25) is 0 Å². The average Bonchev–Trinajstić information content (AvgIpc) is 3.15. The highest BCUT2D eigenvalue weighted by molar-refractivity contribution is 7.07. The lowest BCUT2D eigenvalue weighted by atomic mass is 9.90. The van der Waals surface area contributed by atoms with Crippen molar-refractivity contribution >= 4 is 32.2 Å². The number of ether oxygens (including phenoxy) is 3. The van der Waals surface area contributed by atoms with Crippen LogP contribution in [0.4, 0.5) is 0 Å². The summed E-state index contributed by atoms with van der Waals surface area (Å²) in [5.74, 6) is 0.537. The Hall–Kier alpha value is -2.89. The third-order valence-electron chi connectivity index (χ3n) is 11.3. The summed E-state index contributed by atoms with van der Waals surface area (Å²) in [6.07, 6.45) is 3.96. The second kappa shape index (κ2) is 16.8. The van der Waals surface area contributed by atoms with E-state index in [2.05, 4.69) is 156 Å². The molecule has 4 aromatic rings. The van der Waals surface area contributed by atoms with Crippen molar-refractivity contribution in [3.8, 4) is 0 Å². The lowest BCUT2D eigenvalue weighted by Crippen LogP contribution is -2.74. The van der Waals surface area contributed by atoms with Crippen molar-refractivity contribution in [2.45, 2.75) is 115 Å². The Morgan fingerprint density at radius 1 is 0.608 bits per heavy atom. The smallest absolute Gasteiger partial charge is 0.288 e. The molecule has 1 heterocycles. The van der Waals surface area contributed by atoms with Gasteiger partial charge in [-0.15, -0.1) is 0 Å². The second-order valence-electron chi connectivity index (χ2n) is 16.0. The highest BCUT2D eigenvalue weighted by atomic mass is 28.4. The predicted molar refractivity (Wildman–Crippen MR) is 213 cm³/mol. The van der Waals surface area contributed by atoms with E-state index >= 15 is 0 Å². The summed E-state index contributed by atoms with van der Waals surface area (Å²) in [5.41, 5.74) is 1.10. The molecule has 1 saturated heterocycles. The number of hydrogen-bond acceptors (Lipinski definition) is 5. The van der Waals surface area contributed by atoms with E-state index in [0.29, 0.717) is 19.1 Å². The second-order valence-corrected chi connectivity index (χ2v) is 24.1. The van der Waals surface area contributed by atoms with Crippen LogP contribution in [0.5, 0.6) is 0 Å². The molecule has 0 amide bonds. The normalized spacial score (nSPS) is 23.6. The van der Waals surface area contributed by atoms with Gasteiger partial charge in [0.15, 0.2) is 14.6 Å². The Kier molecular flexibility index (Phi) is 12.5. The molecular weight excluding hydrogens is 665 g/mol. The van der Waals surface area contributed by atoms with E-state index in [4.69, 9.17) is 23.1 Å². The van der Waals surface area contributed by atoms with Crippen LogP contribution in [0.25, 0.3) is 0 Å². The van der Waals surface area contributed by atoms with Crippen LogP contribution in [-0.4, -0.2) is 53.9 Å². The van der Waals surface area contributed by atoms with Crippen LogP contribution in [0.2, 0.25) is 18.1 Å². The van der Waals surface area contributed by atoms with Crippen molar-refractivity contribution in [3.05, 3.63) is 127 Å². The van der Waals surface area contributed by atoms with Gasteiger partial charge in [0.2, 0.25) is 0 Å². The van der Waals surface area contributed by atoms with Crippen LogP contribution in [0.1, 0.15) is 65.4 Å².